The molecule has 3 aromatic carbocycles. The van der Waals surface area contributed by atoms with E-state index in [2.05, 4.69) is 6.07 Å². The number of hydrogen-bond donors (Lipinski definition) is 0. The summed E-state index contributed by atoms with van der Waals surface area (Å²) in [7, 11) is 1.64. The van der Waals surface area contributed by atoms with Crippen LogP contribution in [0.25, 0.3) is 16.9 Å². The predicted octanol–water partition coefficient (Wildman–Crippen LogP) is 4.58. The predicted molar refractivity (Wildman–Crippen MR) is 131 cm³/mol. The van der Waals surface area contributed by atoms with E-state index in [4.69, 9.17) is 9.84 Å². The van der Waals surface area contributed by atoms with Gasteiger partial charge in [0.25, 0.3) is 5.69 Å². The number of rotatable bonds is 6. The van der Waals surface area contributed by atoms with Gasteiger partial charge < -0.3 is 9.64 Å². The van der Waals surface area contributed by atoms with Crippen LogP contribution < -0.4 is 4.74 Å². The Morgan fingerprint density at radius 2 is 1.83 bits per heavy atom. The Morgan fingerprint density at radius 1 is 1.06 bits per heavy atom. The standard InChI is InChI=1S/C27H24N4O4/c1-35-25-12-9-19-13-14-29(17-21(19)15-25)26(32)16-22-18-30(23-5-3-2-4-6-23)28-27(22)20-7-10-24(11-8-20)31(33)34/h2-12,15,18H,13-14,16-17H2,1H3. The van der Waals surface area contributed by atoms with Crippen molar-refractivity contribution in [3.05, 3.63) is 106 Å². The topological polar surface area (TPSA) is 90.5 Å². The van der Waals surface area contributed by atoms with Crippen LogP contribution in [-0.4, -0.2) is 39.2 Å². The van der Waals surface area contributed by atoms with Crippen molar-refractivity contribution in [3.63, 3.8) is 0 Å². The fraction of sp³-hybridized carbons (Fsp3) is 0.185. The molecule has 4 aromatic rings. The Morgan fingerprint density at radius 3 is 2.54 bits per heavy atom. The molecule has 8 heteroatoms. The minimum absolute atomic E-state index is 0.00856. The molecule has 1 amide bonds. The van der Waals surface area contributed by atoms with E-state index in [0.717, 1.165) is 34.5 Å². The molecule has 176 valence electrons. The van der Waals surface area contributed by atoms with E-state index in [-0.39, 0.29) is 18.0 Å². The van der Waals surface area contributed by atoms with Crippen LogP contribution in [0.4, 0.5) is 5.69 Å². The van der Waals surface area contributed by atoms with Gasteiger partial charge in [0.15, 0.2) is 0 Å². The van der Waals surface area contributed by atoms with Crippen LogP contribution in [0.1, 0.15) is 16.7 Å². The van der Waals surface area contributed by atoms with E-state index in [0.29, 0.717) is 18.8 Å². The third-order valence-corrected chi connectivity index (χ3v) is 6.28. The number of aromatic nitrogens is 2. The van der Waals surface area contributed by atoms with Crippen molar-refractivity contribution in [2.75, 3.05) is 13.7 Å². The molecular weight excluding hydrogens is 444 g/mol. The molecule has 1 aromatic heterocycles. The zero-order valence-corrected chi connectivity index (χ0v) is 19.3. The molecule has 5 rings (SSSR count). The van der Waals surface area contributed by atoms with Gasteiger partial charge in [-0.2, -0.15) is 5.10 Å². The first-order chi connectivity index (χ1) is 17.0. The fourth-order valence-electron chi connectivity index (χ4n) is 4.38. The number of non-ortho nitro benzene ring substituents is 1. The lowest BCUT2D eigenvalue weighted by Gasteiger charge is -2.29. The highest BCUT2D eigenvalue weighted by Crippen LogP contribution is 2.28. The number of hydrogen-bond acceptors (Lipinski definition) is 5. The molecule has 1 aliphatic rings. The second-order valence-corrected chi connectivity index (χ2v) is 8.46. The van der Waals surface area contributed by atoms with Crippen LogP contribution in [0.3, 0.4) is 0 Å². The van der Waals surface area contributed by atoms with Crippen molar-refractivity contribution in [3.8, 4) is 22.7 Å². The number of benzene rings is 3. The molecule has 0 atom stereocenters. The summed E-state index contributed by atoms with van der Waals surface area (Å²) in [6, 6.07) is 21.9. The number of fused-ring (bicyclic) bond motifs is 1. The lowest BCUT2D eigenvalue weighted by molar-refractivity contribution is -0.384. The number of amides is 1. The van der Waals surface area contributed by atoms with Crippen molar-refractivity contribution in [1.29, 1.82) is 0 Å². The van der Waals surface area contributed by atoms with Gasteiger partial charge in [-0.1, -0.05) is 24.3 Å². The Kier molecular flexibility index (Phi) is 6.01. The molecule has 2 heterocycles. The lowest BCUT2D eigenvalue weighted by atomic mass is 9.98. The van der Waals surface area contributed by atoms with Crippen LogP contribution in [0.5, 0.6) is 5.75 Å². The highest BCUT2D eigenvalue weighted by atomic mass is 16.6. The minimum Gasteiger partial charge on any atom is -0.497 e. The summed E-state index contributed by atoms with van der Waals surface area (Å²) >= 11 is 0. The third-order valence-electron chi connectivity index (χ3n) is 6.28. The van der Waals surface area contributed by atoms with Crippen LogP contribution in [-0.2, 0) is 24.2 Å². The van der Waals surface area contributed by atoms with Gasteiger partial charge in [-0.05, 0) is 53.9 Å². The third kappa shape index (κ3) is 4.63. The molecule has 8 nitrogen and oxygen atoms in total. The number of ether oxygens (including phenoxy) is 1. The number of nitro groups is 1. The summed E-state index contributed by atoms with van der Waals surface area (Å²) in [4.78, 5) is 25.9. The molecule has 0 spiro atoms. The minimum atomic E-state index is -0.431. The fourth-order valence-corrected chi connectivity index (χ4v) is 4.38. The average molecular weight is 469 g/mol. The highest BCUT2D eigenvalue weighted by molar-refractivity contribution is 5.81. The van der Waals surface area contributed by atoms with Crippen LogP contribution in [0, 0.1) is 10.1 Å². The SMILES string of the molecule is COc1ccc2c(c1)CN(C(=O)Cc1cn(-c3ccccc3)nc1-c1ccc([N+](=O)[O-])cc1)CC2. The van der Waals surface area contributed by atoms with Crippen molar-refractivity contribution in [2.45, 2.75) is 19.4 Å². The van der Waals surface area contributed by atoms with Gasteiger partial charge in [-0.15, -0.1) is 0 Å². The maximum absolute atomic E-state index is 13.4. The molecule has 0 unspecified atom stereocenters. The quantitative estimate of drug-likeness (QED) is 0.305. The number of carbonyl (C=O) groups excluding carboxylic acids is 1. The van der Waals surface area contributed by atoms with Gasteiger partial charge >= 0.3 is 0 Å². The first-order valence-electron chi connectivity index (χ1n) is 11.3. The molecule has 0 bridgehead atoms. The molecule has 0 aliphatic carbocycles. The summed E-state index contributed by atoms with van der Waals surface area (Å²) in [6.07, 6.45) is 2.84. The largest absolute Gasteiger partial charge is 0.497 e. The normalized spacial score (nSPS) is 12.8. The van der Waals surface area contributed by atoms with E-state index in [1.165, 1.54) is 17.7 Å². The Labute approximate surface area is 202 Å². The van der Waals surface area contributed by atoms with E-state index < -0.39 is 4.92 Å². The molecule has 1 aliphatic heterocycles. The Hall–Kier alpha value is -4.46. The van der Waals surface area contributed by atoms with E-state index in [9.17, 15) is 14.9 Å². The summed E-state index contributed by atoms with van der Waals surface area (Å²) < 4.78 is 7.09. The number of nitro benzene ring substituents is 1. The van der Waals surface area contributed by atoms with Crippen molar-refractivity contribution >= 4 is 11.6 Å². The van der Waals surface area contributed by atoms with Gasteiger partial charge in [-0.25, -0.2) is 4.68 Å². The molecule has 0 saturated carbocycles. The van der Waals surface area contributed by atoms with Crippen molar-refractivity contribution in [2.24, 2.45) is 0 Å². The maximum Gasteiger partial charge on any atom is 0.269 e. The zero-order chi connectivity index (χ0) is 24.4. The maximum atomic E-state index is 13.4. The second kappa shape index (κ2) is 9.42. The lowest BCUT2D eigenvalue weighted by Crippen LogP contribution is -2.36. The molecule has 35 heavy (non-hydrogen) atoms. The van der Waals surface area contributed by atoms with E-state index in [1.54, 1.807) is 23.9 Å². The van der Waals surface area contributed by atoms with Gasteiger partial charge in [0.1, 0.15) is 5.75 Å². The van der Waals surface area contributed by atoms with Crippen molar-refractivity contribution < 1.29 is 14.5 Å². The number of methoxy groups -OCH3 is 1. The van der Waals surface area contributed by atoms with Crippen LogP contribution >= 0.6 is 0 Å². The molecule has 0 fully saturated rings. The second-order valence-electron chi connectivity index (χ2n) is 8.46. The molecule has 0 saturated heterocycles. The first-order valence-corrected chi connectivity index (χ1v) is 11.3. The van der Waals surface area contributed by atoms with Gasteiger partial charge in [0.2, 0.25) is 5.91 Å². The monoisotopic (exact) mass is 468 g/mol. The van der Waals surface area contributed by atoms with Gasteiger partial charge in [-0.3, -0.25) is 14.9 Å². The zero-order valence-electron chi connectivity index (χ0n) is 19.3. The smallest absolute Gasteiger partial charge is 0.269 e. The first kappa shape index (κ1) is 22.3. The number of para-hydroxylation sites is 1. The molecule has 0 radical (unpaired) electrons. The Bertz CT molecular complexity index is 1380. The van der Waals surface area contributed by atoms with Gasteiger partial charge in [0.05, 0.1) is 29.8 Å². The summed E-state index contributed by atoms with van der Waals surface area (Å²) in [5.41, 5.74) is 5.34. The summed E-state index contributed by atoms with van der Waals surface area (Å²) in [6.45, 7) is 1.18. The molecule has 0 N–H and O–H groups in total. The van der Waals surface area contributed by atoms with Gasteiger partial charge in [0, 0.05) is 42.5 Å². The van der Waals surface area contributed by atoms with Crippen LogP contribution in [0.15, 0.2) is 79.0 Å². The van der Waals surface area contributed by atoms with Crippen LogP contribution in [0.2, 0.25) is 0 Å². The summed E-state index contributed by atoms with van der Waals surface area (Å²) in [5.74, 6) is 0.789. The number of carbonyl (C=O) groups is 1. The number of nitrogens with zero attached hydrogens (tertiary/aromatic N) is 4. The molecular formula is C27H24N4O4. The average Bonchev–Trinajstić information content (AvgIpc) is 3.32. The van der Waals surface area contributed by atoms with Crippen molar-refractivity contribution in [1.82, 2.24) is 14.7 Å². The summed E-state index contributed by atoms with van der Waals surface area (Å²) in [5, 5.41) is 15.8. The van der Waals surface area contributed by atoms with E-state index in [1.807, 2.05) is 53.6 Å². The Balaban J connectivity index is 1.44. The van der Waals surface area contributed by atoms with E-state index >= 15 is 0 Å². The highest BCUT2D eigenvalue weighted by Gasteiger charge is 2.24.